The number of anilines is 1. The molecule has 6 nitrogen and oxygen atoms in total. The minimum atomic E-state index is -0.968. The van der Waals surface area contributed by atoms with Crippen LogP contribution in [0.15, 0.2) is 76.0 Å². The van der Waals surface area contributed by atoms with Crippen LogP contribution >= 0.6 is 15.9 Å². The fourth-order valence-corrected chi connectivity index (χ4v) is 2.95. The molecule has 1 amide bonds. The van der Waals surface area contributed by atoms with Gasteiger partial charge in [-0.05, 0) is 45.9 Å². The Kier molecular flexibility index (Phi) is 7.81. The zero-order valence-corrected chi connectivity index (χ0v) is 18.9. The predicted octanol–water partition coefficient (Wildman–Crippen LogP) is 4.49. The second-order valence-electron chi connectivity index (χ2n) is 7.16. The van der Waals surface area contributed by atoms with Crippen molar-refractivity contribution in [3.05, 3.63) is 81.8 Å². The average molecular weight is 478 g/mol. The third-order valence-electron chi connectivity index (χ3n) is 4.24. The van der Waals surface area contributed by atoms with Crippen LogP contribution in [0.25, 0.3) is 0 Å². The van der Waals surface area contributed by atoms with Gasteiger partial charge in [-0.2, -0.15) is 0 Å². The summed E-state index contributed by atoms with van der Waals surface area (Å²) in [6.07, 6.45) is 5.12. The molecular weight excluding hydrogens is 453 g/mol. The fraction of sp³-hybridized carbons (Fsp3) is 0.273. The molecule has 160 valence electrons. The van der Waals surface area contributed by atoms with Gasteiger partial charge in [0.25, 0.3) is 5.91 Å². The summed E-state index contributed by atoms with van der Waals surface area (Å²) in [6, 6.07) is 4.58. The number of aliphatic hydroxyl groups is 1. The highest BCUT2D eigenvalue weighted by Gasteiger charge is 2.28. The SMILES string of the molecule is C=C=C1C(C)=C(Nc2ccc(Br)cc2F)C(C(=O)NOC(C)(C)CO)=CN1/C=C\C. The Labute approximate surface area is 184 Å². The highest BCUT2D eigenvalue weighted by molar-refractivity contribution is 9.10. The molecule has 0 radical (unpaired) electrons. The van der Waals surface area contributed by atoms with E-state index in [4.69, 9.17) is 4.84 Å². The van der Waals surface area contributed by atoms with E-state index in [1.807, 2.05) is 6.92 Å². The van der Waals surface area contributed by atoms with E-state index in [1.54, 1.807) is 56.3 Å². The number of nitrogens with zero attached hydrogens (tertiary/aromatic N) is 1. The first-order chi connectivity index (χ1) is 14.1. The molecule has 0 aliphatic carbocycles. The monoisotopic (exact) mass is 477 g/mol. The van der Waals surface area contributed by atoms with Crippen LogP contribution in [0.5, 0.6) is 0 Å². The Hall–Kier alpha value is -2.64. The number of allylic oxidation sites excluding steroid dienone is 2. The molecule has 0 aromatic heterocycles. The maximum atomic E-state index is 14.4. The van der Waals surface area contributed by atoms with Crippen molar-refractivity contribution in [1.82, 2.24) is 10.4 Å². The van der Waals surface area contributed by atoms with Crippen molar-refractivity contribution in [2.45, 2.75) is 33.3 Å². The number of hydrogen-bond donors (Lipinski definition) is 3. The summed E-state index contributed by atoms with van der Waals surface area (Å²) in [5, 5.41) is 12.3. The number of halogens is 2. The maximum Gasteiger partial charge on any atom is 0.278 e. The topological polar surface area (TPSA) is 73.8 Å². The molecule has 0 fully saturated rings. The molecule has 2 rings (SSSR count). The highest BCUT2D eigenvalue weighted by atomic mass is 79.9. The third-order valence-corrected chi connectivity index (χ3v) is 4.73. The number of hydrogen-bond acceptors (Lipinski definition) is 5. The number of benzene rings is 1. The van der Waals surface area contributed by atoms with Gasteiger partial charge in [0.15, 0.2) is 0 Å². The van der Waals surface area contributed by atoms with Crippen molar-refractivity contribution in [3.63, 3.8) is 0 Å². The van der Waals surface area contributed by atoms with Crippen LogP contribution in [0.1, 0.15) is 27.7 Å². The van der Waals surface area contributed by atoms with Crippen LogP contribution in [0.4, 0.5) is 10.1 Å². The zero-order valence-electron chi connectivity index (χ0n) is 17.3. The van der Waals surface area contributed by atoms with E-state index in [-0.39, 0.29) is 17.9 Å². The van der Waals surface area contributed by atoms with E-state index >= 15 is 0 Å². The minimum absolute atomic E-state index is 0.200. The van der Waals surface area contributed by atoms with Crippen LogP contribution in [0.2, 0.25) is 0 Å². The van der Waals surface area contributed by atoms with E-state index in [0.29, 0.717) is 21.4 Å². The predicted molar refractivity (Wildman–Crippen MR) is 118 cm³/mol. The fourth-order valence-electron chi connectivity index (χ4n) is 2.61. The van der Waals surface area contributed by atoms with E-state index in [1.165, 1.54) is 6.07 Å². The Morgan fingerprint density at radius 2 is 2.17 bits per heavy atom. The van der Waals surface area contributed by atoms with Gasteiger partial charge >= 0.3 is 0 Å². The molecule has 0 saturated carbocycles. The first kappa shape index (κ1) is 23.6. The van der Waals surface area contributed by atoms with Crippen molar-refractivity contribution >= 4 is 27.5 Å². The van der Waals surface area contributed by atoms with E-state index in [0.717, 1.165) is 0 Å². The van der Waals surface area contributed by atoms with Gasteiger partial charge < -0.3 is 15.3 Å². The standard InChI is InChI=1S/C22H25BrFN3O3/c1-6-10-27-12-16(21(29)26-30-22(4,5)13-28)20(14(3)19(27)7-2)25-18-9-8-15(23)11-17(18)24/h6,8-12,25,28H,2,13H2,1,3-5H3,(H,26,29)/b10-6-. The molecule has 1 heterocycles. The highest BCUT2D eigenvalue weighted by Crippen LogP contribution is 2.32. The molecule has 0 unspecified atom stereocenters. The van der Waals surface area contributed by atoms with E-state index < -0.39 is 17.3 Å². The van der Waals surface area contributed by atoms with Gasteiger partial charge in [-0.25, -0.2) is 9.87 Å². The number of carbonyl (C=O) groups is 1. The van der Waals surface area contributed by atoms with Crippen LogP contribution in [-0.2, 0) is 9.63 Å². The summed E-state index contributed by atoms with van der Waals surface area (Å²) in [4.78, 5) is 19.9. The molecule has 0 saturated heterocycles. The molecule has 0 atom stereocenters. The van der Waals surface area contributed by atoms with Crippen LogP contribution in [0, 0.1) is 5.82 Å². The lowest BCUT2D eigenvalue weighted by atomic mass is 10.0. The largest absolute Gasteiger partial charge is 0.393 e. The average Bonchev–Trinajstić information content (AvgIpc) is 2.70. The van der Waals surface area contributed by atoms with Gasteiger partial charge in [-0.15, -0.1) is 5.73 Å². The minimum Gasteiger partial charge on any atom is -0.393 e. The second kappa shape index (κ2) is 9.91. The summed E-state index contributed by atoms with van der Waals surface area (Å²) < 4.78 is 15.0. The lowest BCUT2D eigenvalue weighted by Gasteiger charge is -2.30. The van der Waals surface area contributed by atoms with Crippen molar-refractivity contribution in [3.8, 4) is 0 Å². The van der Waals surface area contributed by atoms with Gasteiger partial charge in [0.05, 0.1) is 29.3 Å². The number of carbonyl (C=O) groups excluding carboxylic acids is 1. The molecule has 1 aliphatic rings. The molecule has 1 aromatic rings. The molecule has 0 spiro atoms. The molecule has 1 aromatic carbocycles. The van der Waals surface area contributed by atoms with Gasteiger partial charge in [-0.1, -0.05) is 28.6 Å². The summed E-state index contributed by atoms with van der Waals surface area (Å²) in [5.74, 6) is -1.05. The van der Waals surface area contributed by atoms with Crippen molar-refractivity contribution in [2.75, 3.05) is 11.9 Å². The number of aliphatic hydroxyl groups excluding tert-OH is 1. The third kappa shape index (κ3) is 5.49. The Morgan fingerprint density at radius 3 is 2.73 bits per heavy atom. The first-order valence-corrected chi connectivity index (χ1v) is 9.98. The summed E-state index contributed by atoms with van der Waals surface area (Å²) in [6.45, 7) is 10.3. The Balaban J connectivity index is 2.49. The molecule has 3 N–H and O–H groups in total. The quantitative estimate of drug-likeness (QED) is 0.398. The normalized spacial score (nSPS) is 14.7. The molecule has 8 heteroatoms. The number of amides is 1. The molecule has 30 heavy (non-hydrogen) atoms. The Morgan fingerprint density at radius 1 is 1.47 bits per heavy atom. The summed E-state index contributed by atoms with van der Waals surface area (Å²) in [7, 11) is 0. The van der Waals surface area contributed by atoms with Gasteiger partial charge in [-0.3, -0.25) is 9.63 Å². The summed E-state index contributed by atoms with van der Waals surface area (Å²) >= 11 is 3.23. The molecule has 0 bridgehead atoms. The van der Waals surface area contributed by atoms with Crippen LogP contribution in [-0.4, -0.2) is 28.1 Å². The van der Waals surface area contributed by atoms with E-state index in [2.05, 4.69) is 39.0 Å². The maximum absolute atomic E-state index is 14.4. The number of nitrogens with one attached hydrogen (secondary N) is 2. The summed E-state index contributed by atoms with van der Waals surface area (Å²) in [5.41, 5.74) is 6.29. The van der Waals surface area contributed by atoms with Gasteiger partial charge in [0, 0.05) is 22.4 Å². The number of hydroxylamine groups is 1. The van der Waals surface area contributed by atoms with E-state index in [9.17, 15) is 14.3 Å². The molecule has 1 aliphatic heterocycles. The van der Waals surface area contributed by atoms with Crippen LogP contribution in [0.3, 0.4) is 0 Å². The first-order valence-electron chi connectivity index (χ1n) is 9.19. The number of rotatable bonds is 7. The van der Waals surface area contributed by atoms with Crippen LogP contribution < -0.4 is 10.8 Å². The van der Waals surface area contributed by atoms with Crippen molar-refractivity contribution in [1.29, 1.82) is 0 Å². The lowest BCUT2D eigenvalue weighted by Crippen LogP contribution is -2.40. The van der Waals surface area contributed by atoms with Crippen molar-refractivity contribution < 1.29 is 19.1 Å². The smallest absolute Gasteiger partial charge is 0.278 e. The van der Waals surface area contributed by atoms with Gasteiger partial charge in [0.2, 0.25) is 0 Å². The Bertz CT molecular complexity index is 976. The molecular formula is C22H25BrFN3O3. The van der Waals surface area contributed by atoms with Crippen molar-refractivity contribution in [2.24, 2.45) is 0 Å². The van der Waals surface area contributed by atoms with Gasteiger partial charge in [0.1, 0.15) is 11.4 Å². The lowest BCUT2D eigenvalue weighted by molar-refractivity contribution is -0.149. The zero-order chi connectivity index (χ0) is 22.5. The second-order valence-corrected chi connectivity index (χ2v) is 8.07.